The second kappa shape index (κ2) is 4.60. The van der Waals surface area contributed by atoms with Gasteiger partial charge in [0.25, 0.3) is 5.91 Å². The van der Waals surface area contributed by atoms with Crippen molar-refractivity contribution in [3.05, 3.63) is 18.0 Å². The van der Waals surface area contributed by atoms with E-state index in [0.29, 0.717) is 0 Å². The molecule has 4 N–H and O–H groups in total. The van der Waals surface area contributed by atoms with Gasteiger partial charge < -0.3 is 20.5 Å². The van der Waals surface area contributed by atoms with Crippen LogP contribution in [-0.2, 0) is 17.1 Å². The Morgan fingerprint density at radius 1 is 1.37 bits per heavy atom. The molecule has 2 heterocycles. The van der Waals surface area contributed by atoms with Crippen molar-refractivity contribution >= 4 is 15.9 Å². The molecule has 1 aromatic heterocycles. The number of carbonyl (C=O) groups is 1. The van der Waals surface area contributed by atoms with Crippen LogP contribution in [0.4, 0.5) is 0 Å². The van der Waals surface area contributed by atoms with E-state index in [1.807, 2.05) is 0 Å². The summed E-state index contributed by atoms with van der Waals surface area (Å²) in [6, 6.07) is 1.18. The maximum atomic E-state index is 12.3. The van der Waals surface area contributed by atoms with Gasteiger partial charge >= 0.3 is 0 Å². The van der Waals surface area contributed by atoms with Crippen molar-refractivity contribution in [1.29, 1.82) is 0 Å². The van der Waals surface area contributed by atoms with Crippen LogP contribution in [0.1, 0.15) is 10.5 Å². The number of aliphatic hydroxyl groups is 2. The van der Waals surface area contributed by atoms with Crippen LogP contribution < -0.4 is 5.73 Å². The first-order chi connectivity index (χ1) is 8.73. The van der Waals surface area contributed by atoms with Crippen molar-refractivity contribution in [2.24, 2.45) is 12.8 Å². The highest BCUT2D eigenvalue weighted by Gasteiger charge is 2.38. The molecule has 0 aromatic carbocycles. The Hall–Kier alpha value is -1.42. The maximum absolute atomic E-state index is 12.3. The predicted octanol–water partition coefficient (Wildman–Crippen LogP) is -2.15. The van der Waals surface area contributed by atoms with E-state index in [1.54, 1.807) is 0 Å². The highest BCUT2D eigenvalue weighted by Crippen LogP contribution is 2.22. The summed E-state index contributed by atoms with van der Waals surface area (Å²) in [5.74, 6) is -0.731. The third-order valence-corrected chi connectivity index (χ3v) is 4.89. The number of hydrogen-bond donors (Lipinski definition) is 3. The number of nitrogens with zero attached hydrogens (tertiary/aromatic N) is 2. The molecule has 1 aliphatic rings. The van der Waals surface area contributed by atoms with E-state index >= 15 is 0 Å². The van der Waals surface area contributed by atoms with Gasteiger partial charge in [-0.05, 0) is 6.07 Å². The lowest BCUT2D eigenvalue weighted by Crippen LogP contribution is -2.29. The number of carbonyl (C=O) groups excluding carboxylic acids is 1. The molecule has 2 atom stereocenters. The number of β-amino-alcohol motifs (C(OH)–C–C–N with tert-alkyl or cyclic N) is 2. The lowest BCUT2D eigenvalue weighted by Gasteiger charge is -2.13. The summed E-state index contributed by atoms with van der Waals surface area (Å²) >= 11 is 0. The number of primary amides is 1. The van der Waals surface area contributed by atoms with Crippen LogP contribution in [-0.4, -0.2) is 58.7 Å². The standard InChI is InChI=1S/C10H15N3O5S/c1-12-3-6(2-7(12)10(11)16)19(17,18)13-4-8(14)9(15)5-13/h2-3,8-9,14-15H,4-5H2,1H3,(H2,11,16). The summed E-state index contributed by atoms with van der Waals surface area (Å²) < 4.78 is 26.8. The lowest BCUT2D eigenvalue weighted by atomic mass is 10.3. The van der Waals surface area contributed by atoms with E-state index in [0.717, 1.165) is 4.31 Å². The number of sulfonamides is 1. The minimum atomic E-state index is -3.86. The van der Waals surface area contributed by atoms with Gasteiger partial charge in [-0.3, -0.25) is 4.79 Å². The molecule has 1 aliphatic heterocycles. The Labute approximate surface area is 110 Å². The average molecular weight is 289 g/mol. The van der Waals surface area contributed by atoms with Crippen LogP contribution in [0.25, 0.3) is 0 Å². The van der Waals surface area contributed by atoms with Crippen molar-refractivity contribution in [1.82, 2.24) is 8.87 Å². The number of aryl methyl sites for hydroxylation is 1. The zero-order valence-electron chi connectivity index (χ0n) is 10.2. The molecule has 2 unspecified atom stereocenters. The fourth-order valence-corrected chi connectivity index (χ4v) is 3.55. The van der Waals surface area contributed by atoms with Gasteiger partial charge in [0.1, 0.15) is 10.6 Å². The Balaban J connectivity index is 2.35. The summed E-state index contributed by atoms with van der Waals surface area (Å²) in [6.07, 6.45) is -0.935. The molecule has 1 amide bonds. The molecule has 8 nitrogen and oxygen atoms in total. The zero-order chi connectivity index (χ0) is 14.4. The fourth-order valence-electron chi connectivity index (χ4n) is 2.00. The molecule has 19 heavy (non-hydrogen) atoms. The van der Waals surface area contributed by atoms with Gasteiger partial charge in [0.2, 0.25) is 10.0 Å². The van der Waals surface area contributed by atoms with Gasteiger partial charge in [-0.25, -0.2) is 8.42 Å². The Morgan fingerprint density at radius 2 is 1.89 bits per heavy atom. The van der Waals surface area contributed by atoms with Crippen LogP contribution in [0.15, 0.2) is 17.2 Å². The van der Waals surface area contributed by atoms with Crippen molar-refractivity contribution in [2.75, 3.05) is 13.1 Å². The molecule has 0 bridgehead atoms. The second-order valence-electron chi connectivity index (χ2n) is 4.49. The maximum Gasteiger partial charge on any atom is 0.265 e. The normalized spacial score (nSPS) is 24.8. The molecule has 9 heteroatoms. The lowest BCUT2D eigenvalue weighted by molar-refractivity contribution is 0.0572. The van der Waals surface area contributed by atoms with Gasteiger partial charge in [-0.15, -0.1) is 0 Å². The van der Waals surface area contributed by atoms with Crippen molar-refractivity contribution < 1.29 is 23.4 Å². The molecule has 1 saturated heterocycles. The number of rotatable bonds is 3. The first-order valence-electron chi connectivity index (χ1n) is 5.56. The topological polar surface area (TPSA) is 126 Å². The van der Waals surface area contributed by atoms with Crippen molar-refractivity contribution in [3.63, 3.8) is 0 Å². The minimum absolute atomic E-state index is 0.0684. The fraction of sp³-hybridized carbons (Fsp3) is 0.500. The number of hydrogen-bond acceptors (Lipinski definition) is 5. The first-order valence-corrected chi connectivity index (χ1v) is 7.00. The van der Waals surface area contributed by atoms with Crippen molar-refractivity contribution in [3.8, 4) is 0 Å². The smallest absolute Gasteiger partial charge is 0.265 e. The van der Waals surface area contributed by atoms with Crippen LogP contribution in [0.5, 0.6) is 0 Å². The zero-order valence-corrected chi connectivity index (χ0v) is 11.0. The quantitative estimate of drug-likeness (QED) is 0.585. The monoisotopic (exact) mass is 289 g/mol. The van der Waals surface area contributed by atoms with E-state index in [9.17, 15) is 23.4 Å². The number of amides is 1. The number of aliphatic hydroxyl groups excluding tert-OH is 2. The average Bonchev–Trinajstić information content (AvgIpc) is 2.84. The molecule has 1 fully saturated rings. The van der Waals surface area contributed by atoms with Gasteiger partial charge in [0.05, 0.1) is 12.2 Å². The third kappa shape index (κ3) is 2.37. The Bertz CT molecular complexity index is 599. The summed E-state index contributed by atoms with van der Waals surface area (Å²) in [6.45, 7) is -0.353. The highest BCUT2D eigenvalue weighted by molar-refractivity contribution is 7.89. The van der Waals surface area contributed by atoms with Gasteiger partial charge in [-0.2, -0.15) is 4.31 Å². The molecular weight excluding hydrogens is 274 g/mol. The summed E-state index contributed by atoms with van der Waals surface area (Å²) in [4.78, 5) is 11.0. The molecule has 2 rings (SSSR count). The summed E-state index contributed by atoms with van der Waals surface area (Å²) in [5, 5.41) is 18.8. The third-order valence-electron chi connectivity index (χ3n) is 3.10. The number of aromatic nitrogens is 1. The SMILES string of the molecule is Cn1cc(S(=O)(=O)N2CC(O)C(O)C2)cc1C(N)=O. The van der Waals surface area contributed by atoms with Crippen LogP contribution in [0.3, 0.4) is 0 Å². The summed E-state index contributed by atoms with van der Waals surface area (Å²) in [5.41, 5.74) is 5.19. The predicted molar refractivity (Wildman–Crippen MR) is 64.7 cm³/mol. The van der Waals surface area contributed by atoms with E-state index in [1.165, 1.54) is 23.9 Å². The first kappa shape index (κ1) is 14.0. The van der Waals surface area contributed by atoms with Gasteiger partial charge in [0, 0.05) is 26.3 Å². The van der Waals surface area contributed by atoms with E-state index in [2.05, 4.69) is 0 Å². The molecule has 0 aliphatic carbocycles. The largest absolute Gasteiger partial charge is 0.389 e. The molecule has 106 valence electrons. The van der Waals surface area contributed by atoms with E-state index in [-0.39, 0.29) is 23.7 Å². The minimum Gasteiger partial charge on any atom is -0.389 e. The second-order valence-corrected chi connectivity index (χ2v) is 6.43. The molecule has 0 saturated carbocycles. The molecular formula is C10H15N3O5S. The van der Waals surface area contributed by atoms with Gasteiger partial charge in [0.15, 0.2) is 0 Å². The Morgan fingerprint density at radius 3 is 2.32 bits per heavy atom. The molecule has 0 radical (unpaired) electrons. The van der Waals surface area contributed by atoms with Crippen LogP contribution in [0, 0.1) is 0 Å². The van der Waals surface area contributed by atoms with E-state index in [4.69, 9.17) is 5.73 Å². The molecule has 0 spiro atoms. The van der Waals surface area contributed by atoms with Crippen LogP contribution in [0.2, 0.25) is 0 Å². The van der Waals surface area contributed by atoms with Gasteiger partial charge in [-0.1, -0.05) is 0 Å². The number of nitrogens with two attached hydrogens (primary N) is 1. The highest BCUT2D eigenvalue weighted by atomic mass is 32.2. The van der Waals surface area contributed by atoms with E-state index < -0.39 is 28.1 Å². The Kier molecular flexibility index (Phi) is 3.39. The molecule has 1 aromatic rings. The van der Waals surface area contributed by atoms with Crippen LogP contribution >= 0.6 is 0 Å². The van der Waals surface area contributed by atoms with Crippen molar-refractivity contribution in [2.45, 2.75) is 17.1 Å². The summed E-state index contributed by atoms with van der Waals surface area (Å²) in [7, 11) is -2.35.